The maximum Gasteiger partial charge on any atom is 0.326 e. The number of amides is 4. The molecule has 0 aliphatic rings. The molecule has 0 spiro atoms. The molecule has 18 heteroatoms. The number of guanidine groups is 1. The number of hydrogen-bond acceptors (Lipinski definition) is 9. The van der Waals surface area contributed by atoms with Gasteiger partial charge in [0.1, 0.15) is 18.1 Å². The predicted octanol–water partition coefficient (Wildman–Crippen LogP) is -4.00. The van der Waals surface area contributed by atoms with Crippen molar-refractivity contribution in [1.82, 2.24) is 25.9 Å². The van der Waals surface area contributed by atoms with Gasteiger partial charge in [-0.3, -0.25) is 29.0 Å². The number of nitrogens with one attached hydrogen (secondary N) is 4. The fourth-order valence-corrected chi connectivity index (χ4v) is 3.40. The minimum Gasteiger partial charge on any atom is -0.481 e. The average Bonchev–Trinajstić information content (AvgIpc) is 3.38. The highest BCUT2D eigenvalue weighted by Crippen LogP contribution is 2.06. The van der Waals surface area contributed by atoms with Crippen LogP contribution in [0, 0.1) is 0 Å². The molecule has 4 amide bonds. The first-order valence-corrected chi connectivity index (χ1v) is 12.2. The van der Waals surface area contributed by atoms with E-state index in [0.717, 1.165) is 0 Å². The monoisotopic (exact) mass is 568 g/mol. The number of carbonyl (C=O) groups is 6. The molecule has 0 saturated carbocycles. The molecule has 4 atom stereocenters. The van der Waals surface area contributed by atoms with Gasteiger partial charge >= 0.3 is 11.9 Å². The fourth-order valence-electron chi connectivity index (χ4n) is 3.40. The lowest BCUT2D eigenvalue weighted by Gasteiger charge is -2.25. The Morgan fingerprint density at radius 2 is 1.45 bits per heavy atom. The Balaban J connectivity index is 3.04. The number of hydrogen-bond donors (Lipinski definition) is 10. The van der Waals surface area contributed by atoms with Crippen molar-refractivity contribution in [3.05, 3.63) is 18.2 Å². The third-order valence-electron chi connectivity index (χ3n) is 5.48. The van der Waals surface area contributed by atoms with E-state index in [4.69, 9.17) is 28.0 Å². The van der Waals surface area contributed by atoms with E-state index in [2.05, 4.69) is 30.9 Å². The number of H-pyrrole nitrogens is 1. The zero-order chi connectivity index (χ0) is 30.2. The number of imidazole rings is 1. The first-order valence-electron chi connectivity index (χ1n) is 12.2. The molecule has 0 aliphatic heterocycles. The number of carboxylic acids is 2. The van der Waals surface area contributed by atoms with Crippen molar-refractivity contribution in [1.29, 1.82) is 0 Å². The summed E-state index contributed by atoms with van der Waals surface area (Å²) in [4.78, 5) is 82.9. The molecule has 1 heterocycles. The lowest BCUT2D eigenvalue weighted by Crippen LogP contribution is -2.57. The van der Waals surface area contributed by atoms with Crippen molar-refractivity contribution >= 4 is 41.5 Å². The topological polar surface area (TPSA) is 324 Å². The van der Waals surface area contributed by atoms with Crippen LogP contribution in [-0.2, 0) is 35.2 Å². The fraction of sp³-hybridized carbons (Fsp3) is 0.545. The maximum atomic E-state index is 13.1. The normalized spacial score (nSPS) is 13.6. The van der Waals surface area contributed by atoms with E-state index in [0.29, 0.717) is 5.69 Å². The van der Waals surface area contributed by atoms with Gasteiger partial charge in [-0.05, 0) is 25.7 Å². The van der Waals surface area contributed by atoms with E-state index in [1.54, 1.807) is 0 Å². The molecule has 0 aromatic carbocycles. The number of aliphatic imine (C=N–C) groups is 1. The number of rotatable bonds is 19. The molecule has 222 valence electrons. The zero-order valence-electron chi connectivity index (χ0n) is 21.7. The Labute approximate surface area is 228 Å². The van der Waals surface area contributed by atoms with Crippen LogP contribution in [0.3, 0.4) is 0 Å². The Bertz CT molecular complexity index is 1060. The van der Waals surface area contributed by atoms with Gasteiger partial charge in [-0.2, -0.15) is 0 Å². The van der Waals surface area contributed by atoms with E-state index in [1.807, 2.05) is 0 Å². The van der Waals surface area contributed by atoms with E-state index in [1.165, 1.54) is 12.5 Å². The highest BCUT2D eigenvalue weighted by Gasteiger charge is 2.30. The Morgan fingerprint density at radius 1 is 0.875 bits per heavy atom. The second-order valence-corrected chi connectivity index (χ2v) is 8.80. The third-order valence-corrected chi connectivity index (χ3v) is 5.48. The van der Waals surface area contributed by atoms with Crippen molar-refractivity contribution < 1.29 is 39.0 Å². The highest BCUT2D eigenvalue weighted by atomic mass is 16.4. The number of primary amides is 1. The number of nitrogens with two attached hydrogens (primary N) is 4. The molecule has 1 aromatic heterocycles. The summed E-state index contributed by atoms with van der Waals surface area (Å²) in [6.45, 7) is 0.0770. The summed E-state index contributed by atoms with van der Waals surface area (Å²) < 4.78 is 0. The van der Waals surface area contributed by atoms with Crippen molar-refractivity contribution in [3.8, 4) is 0 Å². The van der Waals surface area contributed by atoms with Crippen LogP contribution in [0.5, 0.6) is 0 Å². The van der Waals surface area contributed by atoms with Crippen LogP contribution in [0.1, 0.15) is 44.2 Å². The predicted molar refractivity (Wildman–Crippen MR) is 139 cm³/mol. The summed E-state index contributed by atoms with van der Waals surface area (Å²) >= 11 is 0. The van der Waals surface area contributed by atoms with E-state index < -0.39 is 66.2 Å². The second kappa shape index (κ2) is 17.0. The number of aliphatic carboxylic acids is 2. The number of aromatic amines is 1. The third kappa shape index (κ3) is 13.2. The summed E-state index contributed by atoms with van der Waals surface area (Å²) in [5.74, 6) is -6.22. The minimum atomic E-state index is -1.49. The first-order chi connectivity index (χ1) is 18.8. The lowest BCUT2D eigenvalue weighted by molar-refractivity contribution is -0.142. The SMILES string of the molecule is NC(=O)CCC(NC(=O)C(CCCN=C(N)N)NC(=O)C(CCC(=O)O)NC(=O)C(N)Cc1cnc[nH]1)C(=O)O. The molecule has 14 N–H and O–H groups in total. The van der Waals surface area contributed by atoms with Crippen LogP contribution in [0.25, 0.3) is 0 Å². The highest BCUT2D eigenvalue weighted by molar-refractivity contribution is 5.94. The van der Waals surface area contributed by atoms with Gasteiger partial charge < -0.3 is 54.1 Å². The van der Waals surface area contributed by atoms with Crippen molar-refractivity contribution in [2.75, 3.05) is 6.54 Å². The van der Waals surface area contributed by atoms with Crippen molar-refractivity contribution in [3.63, 3.8) is 0 Å². The lowest BCUT2D eigenvalue weighted by atomic mass is 10.1. The number of carboxylic acid groups (broad SMARTS) is 2. The number of aromatic nitrogens is 2. The van der Waals surface area contributed by atoms with Crippen LogP contribution in [0.2, 0.25) is 0 Å². The van der Waals surface area contributed by atoms with Crippen LogP contribution in [-0.4, -0.2) is 92.4 Å². The van der Waals surface area contributed by atoms with E-state index in [-0.39, 0.29) is 51.0 Å². The summed E-state index contributed by atoms with van der Waals surface area (Å²) in [6, 6.07) is -5.32. The van der Waals surface area contributed by atoms with Gasteiger partial charge in [-0.25, -0.2) is 9.78 Å². The molecule has 4 unspecified atom stereocenters. The summed E-state index contributed by atoms with van der Waals surface area (Å²) in [7, 11) is 0. The van der Waals surface area contributed by atoms with Crippen LogP contribution < -0.4 is 38.9 Å². The van der Waals surface area contributed by atoms with Gasteiger partial charge in [0.2, 0.25) is 23.6 Å². The van der Waals surface area contributed by atoms with E-state index >= 15 is 0 Å². The summed E-state index contributed by atoms with van der Waals surface area (Å²) in [6.07, 6.45) is 1.58. The molecular weight excluding hydrogens is 532 g/mol. The molecule has 40 heavy (non-hydrogen) atoms. The largest absolute Gasteiger partial charge is 0.481 e. The van der Waals surface area contributed by atoms with Crippen LogP contribution in [0.15, 0.2) is 17.5 Å². The number of nitrogens with zero attached hydrogens (tertiary/aromatic N) is 2. The quantitative estimate of drug-likeness (QED) is 0.0433. The van der Waals surface area contributed by atoms with Gasteiger partial charge in [0.05, 0.1) is 12.4 Å². The first kappa shape index (κ1) is 33.3. The van der Waals surface area contributed by atoms with Gasteiger partial charge in [0, 0.05) is 37.7 Å². The summed E-state index contributed by atoms with van der Waals surface area (Å²) in [5.41, 5.74) is 22.1. The molecule has 0 aliphatic carbocycles. The van der Waals surface area contributed by atoms with Crippen molar-refractivity contribution in [2.24, 2.45) is 27.9 Å². The second-order valence-electron chi connectivity index (χ2n) is 8.80. The smallest absolute Gasteiger partial charge is 0.326 e. The molecule has 0 radical (unpaired) electrons. The van der Waals surface area contributed by atoms with Gasteiger partial charge in [0.25, 0.3) is 0 Å². The Morgan fingerprint density at radius 3 is 1.98 bits per heavy atom. The number of carbonyl (C=O) groups excluding carboxylic acids is 4. The summed E-state index contributed by atoms with van der Waals surface area (Å²) in [5, 5.41) is 25.6. The molecule has 1 aromatic rings. The average molecular weight is 569 g/mol. The zero-order valence-corrected chi connectivity index (χ0v) is 21.7. The molecule has 0 bridgehead atoms. The molecule has 0 saturated heterocycles. The maximum absolute atomic E-state index is 13.1. The Kier molecular flexibility index (Phi) is 14.1. The van der Waals surface area contributed by atoms with Crippen LogP contribution >= 0.6 is 0 Å². The Hall–Kier alpha value is -4.74. The molecule has 0 fully saturated rings. The van der Waals surface area contributed by atoms with Gasteiger partial charge in [0.15, 0.2) is 5.96 Å². The van der Waals surface area contributed by atoms with Crippen molar-refractivity contribution in [2.45, 2.75) is 69.1 Å². The van der Waals surface area contributed by atoms with Gasteiger partial charge in [-0.1, -0.05) is 0 Å². The molecular formula is C22H36N10O8. The molecule has 1 rings (SSSR count). The van der Waals surface area contributed by atoms with Crippen LogP contribution in [0.4, 0.5) is 0 Å². The standard InChI is InChI=1S/C22H36N10O8/c23-12(8-11-9-27-10-29-11)18(36)30-14(4-6-17(34)35)20(38)31-13(2-1-7-28-22(25)26)19(37)32-15(21(39)40)3-5-16(24)33/h9-10,12-15H,1-8,23H2,(H2,24,33)(H,27,29)(H,30,36)(H,31,38)(H,32,37)(H,34,35)(H,39,40)(H4,25,26,28). The van der Waals surface area contributed by atoms with Gasteiger partial charge in [-0.15, -0.1) is 0 Å². The minimum absolute atomic E-state index is 0.0524. The molecule has 18 nitrogen and oxygen atoms in total. The van der Waals surface area contributed by atoms with E-state index in [9.17, 15) is 33.9 Å².